The molecule has 2 unspecified atom stereocenters. The number of alkyl halides is 3. The van der Waals surface area contributed by atoms with Gasteiger partial charge in [0.25, 0.3) is 5.91 Å². The van der Waals surface area contributed by atoms with Gasteiger partial charge in [0.05, 0.1) is 12.2 Å². The number of hydrogen-bond acceptors (Lipinski definition) is 7. The Morgan fingerprint density at radius 3 is 2.70 bits per heavy atom. The highest BCUT2D eigenvalue weighted by Crippen LogP contribution is 2.35. The van der Waals surface area contributed by atoms with E-state index in [9.17, 15) is 27.5 Å². The van der Waals surface area contributed by atoms with Crippen LogP contribution in [0, 0.1) is 5.82 Å². The zero-order chi connectivity index (χ0) is 21.6. The van der Waals surface area contributed by atoms with E-state index in [0.717, 1.165) is 17.2 Å². The van der Waals surface area contributed by atoms with Gasteiger partial charge in [0.2, 0.25) is 0 Å². The smallest absolute Gasteiger partial charge is 0.394 e. The van der Waals surface area contributed by atoms with Gasteiger partial charge in [-0.05, 0) is 13.0 Å². The third kappa shape index (κ3) is 3.23. The van der Waals surface area contributed by atoms with Gasteiger partial charge in [-0.3, -0.25) is 4.79 Å². The van der Waals surface area contributed by atoms with Crippen molar-refractivity contribution in [1.82, 2.24) is 29.6 Å². The van der Waals surface area contributed by atoms with Gasteiger partial charge in [-0.15, -0.1) is 21.5 Å². The molecule has 0 saturated heterocycles. The van der Waals surface area contributed by atoms with Crippen molar-refractivity contribution >= 4 is 17.2 Å². The van der Waals surface area contributed by atoms with Crippen LogP contribution in [-0.4, -0.2) is 53.3 Å². The lowest BCUT2D eigenvalue weighted by Gasteiger charge is -2.39. The van der Waals surface area contributed by atoms with Crippen molar-refractivity contribution < 1.29 is 27.5 Å². The predicted molar refractivity (Wildman–Crippen MR) is 95.8 cm³/mol. The van der Waals surface area contributed by atoms with Crippen LogP contribution in [0.4, 0.5) is 17.6 Å². The van der Waals surface area contributed by atoms with Gasteiger partial charge in [0.15, 0.2) is 28.2 Å². The molecule has 3 aromatic heterocycles. The second-order valence-electron chi connectivity index (χ2n) is 6.61. The van der Waals surface area contributed by atoms with Crippen molar-refractivity contribution in [2.75, 3.05) is 6.61 Å². The largest absolute Gasteiger partial charge is 0.436 e. The molecular formula is C17H14F4N6O2S. The Labute approximate surface area is 170 Å². The van der Waals surface area contributed by atoms with Crippen LogP contribution in [-0.2, 0) is 12.7 Å². The molecule has 0 radical (unpaired) electrons. The van der Waals surface area contributed by atoms with Gasteiger partial charge >= 0.3 is 6.18 Å². The maximum Gasteiger partial charge on any atom is 0.436 e. The molecule has 4 rings (SSSR count). The molecule has 0 aliphatic carbocycles. The highest BCUT2D eigenvalue weighted by molar-refractivity contribution is 7.13. The summed E-state index contributed by atoms with van der Waals surface area (Å²) >= 11 is 1.33. The molecule has 1 aliphatic heterocycles. The molecule has 1 amide bonds. The molecule has 8 nitrogen and oxygen atoms in total. The second kappa shape index (κ2) is 7.40. The number of fused-ring (bicyclic) bond motifs is 1. The Morgan fingerprint density at radius 1 is 1.30 bits per heavy atom. The van der Waals surface area contributed by atoms with Crippen LogP contribution in [0.2, 0.25) is 0 Å². The topological polar surface area (TPSA) is 97.0 Å². The van der Waals surface area contributed by atoms with E-state index >= 15 is 0 Å². The van der Waals surface area contributed by atoms with Crippen LogP contribution in [0.1, 0.15) is 34.8 Å². The molecule has 158 valence electrons. The van der Waals surface area contributed by atoms with Gasteiger partial charge in [-0.2, -0.15) is 13.2 Å². The Morgan fingerprint density at radius 2 is 2.07 bits per heavy atom. The molecule has 0 bridgehead atoms. The molecule has 1 N–H and O–H groups in total. The molecule has 2 atom stereocenters. The fourth-order valence-electron chi connectivity index (χ4n) is 3.47. The van der Waals surface area contributed by atoms with Gasteiger partial charge in [-0.25, -0.2) is 14.4 Å². The maximum absolute atomic E-state index is 14.5. The number of halogens is 4. The van der Waals surface area contributed by atoms with Crippen LogP contribution in [0.25, 0.3) is 10.8 Å². The third-order valence-electron chi connectivity index (χ3n) is 4.75. The first-order valence-corrected chi connectivity index (χ1v) is 9.60. The summed E-state index contributed by atoms with van der Waals surface area (Å²) in [6, 6.07) is -0.739. The second-order valence-corrected chi connectivity index (χ2v) is 7.50. The lowest BCUT2D eigenvalue weighted by atomic mass is 10.0. The Kier molecular flexibility index (Phi) is 5.02. The van der Waals surface area contributed by atoms with Gasteiger partial charge < -0.3 is 14.6 Å². The molecule has 0 fully saturated rings. The predicted octanol–water partition coefficient (Wildman–Crippen LogP) is 2.53. The zero-order valence-electron chi connectivity index (χ0n) is 15.3. The van der Waals surface area contributed by atoms with Crippen LogP contribution < -0.4 is 0 Å². The first kappa shape index (κ1) is 20.3. The molecular weight excluding hydrogens is 428 g/mol. The number of aliphatic hydroxyl groups is 1. The van der Waals surface area contributed by atoms with E-state index in [1.807, 2.05) is 0 Å². The Hall–Kier alpha value is -2.93. The van der Waals surface area contributed by atoms with Crippen molar-refractivity contribution in [3.63, 3.8) is 0 Å². The van der Waals surface area contributed by atoms with Crippen molar-refractivity contribution in [3.8, 4) is 10.8 Å². The number of pyridine rings is 1. The molecule has 0 saturated carbocycles. The standard InChI is InChI=1S/C17H14F4N6O2S/c1-8-6-26-13(24-25-14(26)15-23-4-5-30-15)10(7-28)27(8)16(29)9-2-3-22-12(11(9)18)17(19,20)21/h2-5,8,10,28H,6-7H2,1H3. The monoisotopic (exact) mass is 442 g/mol. The average molecular weight is 442 g/mol. The van der Waals surface area contributed by atoms with E-state index in [1.165, 1.54) is 11.3 Å². The number of aromatic nitrogens is 5. The minimum absolute atomic E-state index is 0.193. The van der Waals surface area contributed by atoms with Crippen molar-refractivity contribution in [1.29, 1.82) is 0 Å². The highest BCUT2D eigenvalue weighted by Gasteiger charge is 2.42. The average Bonchev–Trinajstić information content (AvgIpc) is 3.35. The number of hydrogen-bond donors (Lipinski definition) is 1. The van der Waals surface area contributed by atoms with Crippen molar-refractivity contribution in [3.05, 3.63) is 46.7 Å². The number of nitrogens with zero attached hydrogens (tertiary/aromatic N) is 6. The quantitative estimate of drug-likeness (QED) is 0.627. The summed E-state index contributed by atoms with van der Waals surface area (Å²) < 4.78 is 55.2. The lowest BCUT2D eigenvalue weighted by molar-refractivity contribution is -0.143. The van der Waals surface area contributed by atoms with E-state index in [4.69, 9.17) is 0 Å². The van der Waals surface area contributed by atoms with Crippen LogP contribution in [0.15, 0.2) is 23.8 Å². The van der Waals surface area contributed by atoms with Gasteiger partial charge in [-0.1, -0.05) is 0 Å². The summed E-state index contributed by atoms with van der Waals surface area (Å²) in [7, 11) is 0. The molecule has 3 aromatic rings. The van der Waals surface area contributed by atoms with Gasteiger partial charge in [0.1, 0.15) is 6.04 Å². The summed E-state index contributed by atoms with van der Waals surface area (Å²) in [6.45, 7) is 1.25. The molecule has 30 heavy (non-hydrogen) atoms. The summed E-state index contributed by atoms with van der Waals surface area (Å²) in [4.78, 5) is 21.3. The van der Waals surface area contributed by atoms with E-state index < -0.39 is 47.8 Å². The number of aliphatic hydroxyl groups excluding tert-OH is 1. The fraction of sp³-hybridized carbons (Fsp3) is 0.353. The van der Waals surface area contributed by atoms with E-state index in [0.29, 0.717) is 10.8 Å². The summed E-state index contributed by atoms with van der Waals surface area (Å²) in [5, 5.41) is 20.4. The maximum atomic E-state index is 14.5. The molecule has 1 aliphatic rings. The number of carbonyl (C=O) groups is 1. The minimum Gasteiger partial charge on any atom is -0.394 e. The van der Waals surface area contributed by atoms with E-state index in [1.54, 1.807) is 23.1 Å². The van der Waals surface area contributed by atoms with Crippen LogP contribution >= 0.6 is 11.3 Å². The minimum atomic E-state index is -5.05. The van der Waals surface area contributed by atoms with Gasteiger partial charge in [0, 0.05) is 30.4 Å². The Balaban J connectivity index is 1.75. The van der Waals surface area contributed by atoms with Crippen LogP contribution in [0.3, 0.4) is 0 Å². The highest BCUT2D eigenvalue weighted by atomic mass is 32.1. The number of amides is 1. The summed E-state index contributed by atoms with van der Waals surface area (Å²) in [5.74, 6) is -2.07. The van der Waals surface area contributed by atoms with E-state index in [2.05, 4.69) is 20.2 Å². The normalized spacial score (nSPS) is 19.1. The first-order valence-electron chi connectivity index (χ1n) is 8.72. The number of carbonyl (C=O) groups excluding carboxylic acids is 1. The van der Waals surface area contributed by atoms with E-state index in [-0.39, 0.29) is 12.4 Å². The first-order chi connectivity index (χ1) is 14.2. The van der Waals surface area contributed by atoms with Crippen molar-refractivity contribution in [2.45, 2.75) is 31.7 Å². The summed E-state index contributed by atoms with van der Waals surface area (Å²) in [6.07, 6.45) is -2.73. The molecule has 13 heteroatoms. The molecule has 0 spiro atoms. The van der Waals surface area contributed by atoms with Crippen molar-refractivity contribution in [2.24, 2.45) is 0 Å². The lowest BCUT2D eigenvalue weighted by Crippen LogP contribution is -2.49. The SMILES string of the molecule is CC1Cn2c(-c3nccs3)nnc2C(CO)N1C(=O)c1ccnc(C(F)(F)F)c1F. The number of rotatable bonds is 3. The molecule has 4 heterocycles. The number of thiazole rings is 1. The fourth-order valence-corrected chi connectivity index (χ4v) is 4.10. The zero-order valence-corrected chi connectivity index (χ0v) is 16.2. The molecule has 0 aromatic carbocycles. The Bertz CT molecular complexity index is 1080. The summed E-state index contributed by atoms with van der Waals surface area (Å²) in [5.41, 5.74) is -2.55. The van der Waals surface area contributed by atoms with Crippen LogP contribution in [0.5, 0.6) is 0 Å². The third-order valence-corrected chi connectivity index (χ3v) is 5.52.